The van der Waals surface area contributed by atoms with Crippen LogP contribution in [-0.4, -0.2) is 87.4 Å². The van der Waals surface area contributed by atoms with E-state index in [0.717, 1.165) is 89.9 Å². The van der Waals surface area contributed by atoms with Crippen molar-refractivity contribution in [2.24, 2.45) is 0 Å². The molecule has 0 radical (unpaired) electrons. The molecule has 0 spiro atoms. The van der Waals surface area contributed by atoms with Gasteiger partial charge in [-0.3, -0.25) is 9.59 Å². The summed E-state index contributed by atoms with van der Waals surface area (Å²) < 4.78 is 23.0. The van der Waals surface area contributed by atoms with Crippen molar-refractivity contribution < 1.29 is 42.9 Å². The van der Waals surface area contributed by atoms with Gasteiger partial charge in [-0.25, -0.2) is 4.79 Å². The van der Waals surface area contributed by atoms with E-state index in [2.05, 4.69) is 111 Å². The average molecular weight is 1300 g/mol. The van der Waals surface area contributed by atoms with Crippen molar-refractivity contribution in [1.29, 1.82) is 0 Å². The van der Waals surface area contributed by atoms with E-state index in [1.807, 2.05) is 21.1 Å². The number of hydrogen-bond donors (Lipinski definition) is 1. The molecule has 0 heterocycles. The fourth-order valence-electron chi connectivity index (χ4n) is 11.3. The van der Waals surface area contributed by atoms with E-state index in [9.17, 15) is 19.5 Å². The van der Waals surface area contributed by atoms with Crippen LogP contribution >= 0.6 is 0 Å². The van der Waals surface area contributed by atoms with Crippen LogP contribution in [-0.2, 0) is 33.3 Å². The van der Waals surface area contributed by atoms with Crippen molar-refractivity contribution in [3.8, 4) is 0 Å². The number of likely N-dealkylation sites (N-methyl/N-ethyl adjacent to an activating group) is 1. The van der Waals surface area contributed by atoms with Gasteiger partial charge in [0.25, 0.3) is 6.29 Å². The van der Waals surface area contributed by atoms with E-state index in [4.69, 9.17) is 18.9 Å². The molecule has 0 aliphatic carbocycles. The van der Waals surface area contributed by atoms with Crippen molar-refractivity contribution in [2.45, 2.75) is 373 Å². The zero-order valence-corrected chi connectivity index (χ0v) is 61.7. The normalized spacial score (nSPS) is 13.2. The number of aliphatic carboxylic acids is 1. The number of unbranched alkanes of at least 4 members (excludes halogenated alkanes) is 42. The molecule has 0 aliphatic rings. The van der Waals surface area contributed by atoms with E-state index in [1.165, 1.54) is 238 Å². The Morgan fingerprint density at radius 1 is 0.333 bits per heavy atom. The SMILES string of the molecule is CC/C=C\C/C=C\C/C=C\C/C=C\C/C=C\C/C=C\C/C=C\CCCCCCCCCCCCCC(=O)OC(COC(=O)CCCCCCCCCCCCCCCCCCCCCCCCC/C=C\CCCCCCCCCC)COC(OCC[N+](C)(C)C)C(=O)O. The fourth-order valence-corrected chi connectivity index (χ4v) is 11.3. The first-order valence-corrected chi connectivity index (χ1v) is 39.4. The van der Waals surface area contributed by atoms with E-state index >= 15 is 0 Å². The lowest BCUT2D eigenvalue weighted by molar-refractivity contribution is -0.870. The minimum absolute atomic E-state index is 0.183. The van der Waals surface area contributed by atoms with Crippen LogP contribution in [0.5, 0.6) is 0 Å². The molecule has 2 atom stereocenters. The molecule has 0 aromatic heterocycles. The predicted molar refractivity (Wildman–Crippen MR) is 401 cm³/mol. The summed E-state index contributed by atoms with van der Waals surface area (Å²) in [7, 11) is 5.99. The number of carboxylic acids is 1. The number of carboxylic acid groups (broad SMARTS) is 1. The summed E-state index contributed by atoms with van der Waals surface area (Å²) in [6, 6.07) is 0. The lowest BCUT2D eigenvalue weighted by Crippen LogP contribution is -2.40. The molecular formula is C84H150NO8+. The van der Waals surface area contributed by atoms with Crippen LogP contribution in [0.4, 0.5) is 0 Å². The van der Waals surface area contributed by atoms with Gasteiger partial charge in [-0.1, -0.05) is 349 Å². The number of allylic oxidation sites excluding steroid dienone is 16. The first kappa shape index (κ1) is 89.2. The molecule has 93 heavy (non-hydrogen) atoms. The molecule has 0 aromatic carbocycles. The average Bonchev–Trinajstić information content (AvgIpc) is 3.74. The van der Waals surface area contributed by atoms with Crippen LogP contribution < -0.4 is 0 Å². The van der Waals surface area contributed by atoms with Crippen molar-refractivity contribution in [1.82, 2.24) is 0 Å². The molecule has 0 saturated heterocycles. The molecule has 2 unspecified atom stereocenters. The third-order valence-corrected chi connectivity index (χ3v) is 17.3. The summed E-state index contributed by atoms with van der Waals surface area (Å²) >= 11 is 0. The lowest BCUT2D eigenvalue weighted by atomic mass is 10.0. The van der Waals surface area contributed by atoms with E-state index in [0.29, 0.717) is 23.9 Å². The topological polar surface area (TPSA) is 108 Å². The number of ether oxygens (including phenoxy) is 4. The van der Waals surface area contributed by atoms with Gasteiger partial charge in [-0.2, -0.15) is 0 Å². The van der Waals surface area contributed by atoms with Crippen LogP contribution in [0.1, 0.15) is 361 Å². The maximum atomic E-state index is 13.0. The molecular weight excluding hydrogens is 1150 g/mol. The van der Waals surface area contributed by atoms with Crippen molar-refractivity contribution in [3.05, 3.63) is 97.2 Å². The molecule has 0 bridgehead atoms. The van der Waals surface area contributed by atoms with Gasteiger partial charge in [-0.05, 0) is 96.3 Å². The Balaban J connectivity index is 4.04. The van der Waals surface area contributed by atoms with Gasteiger partial charge in [0.15, 0.2) is 6.10 Å². The van der Waals surface area contributed by atoms with E-state index < -0.39 is 24.3 Å². The Bertz CT molecular complexity index is 1850. The highest BCUT2D eigenvalue weighted by Gasteiger charge is 2.25. The van der Waals surface area contributed by atoms with Crippen molar-refractivity contribution >= 4 is 17.9 Å². The maximum absolute atomic E-state index is 13.0. The largest absolute Gasteiger partial charge is 0.477 e. The highest BCUT2D eigenvalue weighted by molar-refractivity contribution is 5.71. The molecule has 0 amide bonds. The summed E-state index contributed by atoms with van der Waals surface area (Å²) in [5.74, 6) is -1.99. The molecule has 0 aliphatic heterocycles. The van der Waals surface area contributed by atoms with E-state index in [-0.39, 0.29) is 32.2 Å². The number of esters is 2. The third-order valence-electron chi connectivity index (χ3n) is 17.3. The van der Waals surface area contributed by atoms with Gasteiger partial charge in [0.2, 0.25) is 0 Å². The van der Waals surface area contributed by atoms with Gasteiger partial charge in [0, 0.05) is 12.8 Å². The zero-order valence-electron chi connectivity index (χ0n) is 61.7. The van der Waals surface area contributed by atoms with Gasteiger partial charge in [-0.15, -0.1) is 0 Å². The quantitative estimate of drug-likeness (QED) is 0.0211. The standard InChI is InChI=1S/C84H149NO8/c1-6-8-10-12-14-16-18-20-22-24-26-28-30-32-34-36-38-40-41-43-44-46-48-50-52-54-56-58-60-62-64-66-68-70-72-74-81(86)91-78-80(79-92-84(83(88)89)90-77-76-85(3,4)5)93-82(87)75-73-71-69-67-65-63-61-59-57-55-53-51-49-47-45-42-39-37-35-33-31-29-27-25-23-21-19-17-15-13-11-9-7-2/h9,11,15,17,21,23-24,26-27,29,33,35,39,42,47,49,80,84H,6-8,10,12-14,16,18-20,22,25,28,30-32,34,36-38,40-41,43-46,48,50-79H2,1-5H3/p+1/b11-9-,17-15-,23-21-,26-24-,29-27-,35-33-,42-39-,49-47-. The molecule has 9 heteroatoms. The summed E-state index contributed by atoms with van der Waals surface area (Å²) in [4.78, 5) is 37.7. The summed E-state index contributed by atoms with van der Waals surface area (Å²) in [5, 5.41) is 9.77. The maximum Gasteiger partial charge on any atom is 0.361 e. The summed E-state index contributed by atoms with van der Waals surface area (Å²) in [6.45, 7) is 4.80. The molecule has 0 saturated carbocycles. The Labute approximate surface area is 575 Å². The van der Waals surface area contributed by atoms with Crippen molar-refractivity contribution in [3.63, 3.8) is 0 Å². The molecule has 538 valence electrons. The second-order valence-electron chi connectivity index (χ2n) is 27.6. The summed E-state index contributed by atoms with van der Waals surface area (Å²) in [5.41, 5.74) is 0. The van der Waals surface area contributed by atoms with Crippen LogP contribution in [0.15, 0.2) is 97.2 Å². The minimum Gasteiger partial charge on any atom is -0.477 e. The highest BCUT2D eigenvalue weighted by Crippen LogP contribution is 2.19. The minimum atomic E-state index is -1.52. The fraction of sp³-hybridized carbons (Fsp3) is 0.774. The second-order valence-corrected chi connectivity index (χ2v) is 27.6. The molecule has 1 N–H and O–H groups in total. The van der Waals surface area contributed by atoms with Crippen LogP contribution in [0, 0.1) is 0 Å². The van der Waals surface area contributed by atoms with Gasteiger partial charge < -0.3 is 28.5 Å². The Morgan fingerprint density at radius 2 is 0.613 bits per heavy atom. The second kappa shape index (κ2) is 74.0. The van der Waals surface area contributed by atoms with Crippen LogP contribution in [0.2, 0.25) is 0 Å². The first-order valence-electron chi connectivity index (χ1n) is 39.4. The van der Waals surface area contributed by atoms with E-state index in [1.54, 1.807) is 0 Å². The third kappa shape index (κ3) is 75.5. The Hall–Kier alpha value is -3.79. The van der Waals surface area contributed by atoms with Crippen LogP contribution in [0.25, 0.3) is 0 Å². The monoisotopic (exact) mass is 1300 g/mol. The molecule has 9 nitrogen and oxygen atoms in total. The molecule has 0 aromatic rings. The smallest absolute Gasteiger partial charge is 0.361 e. The molecule has 0 fully saturated rings. The Kier molecular flexibility index (Phi) is 71.0. The lowest BCUT2D eigenvalue weighted by Gasteiger charge is -2.25. The number of carbonyl (C=O) groups excluding carboxylic acids is 2. The molecule has 0 rings (SSSR count). The number of hydrogen-bond acceptors (Lipinski definition) is 7. The van der Waals surface area contributed by atoms with Gasteiger partial charge in [0.05, 0.1) is 34.4 Å². The highest BCUT2D eigenvalue weighted by atomic mass is 16.7. The predicted octanol–water partition coefficient (Wildman–Crippen LogP) is 25.1. The first-order chi connectivity index (χ1) is 45.6. The van der Waals surface area contributed by atoms with Gasteiger partial charge in [0.1, 0.15) is 13.2 Å². The number of quaternary nitrogens is 1. The Morgan fingerprint density at radius 3 is 0.925 bits per heavy atom. The zero-order chi connectivity index (χ0) is 67.5. The summed E-state index contributed by atoms with van der Waals surface area (Å²) in [6.07, 6.45) is 99.8. The van der Waals surface area contributed by atoms with Crippen LogP contribution in [0.3, 0.4) is 0 Å². The number of carbonyl (C=O) groups is 3. The number of rotatable bonds is 73. The van der Waals surface area contributed by atoms with Crippen molar-refractivity contribution in [2.75, 3.05) is 47.5 Å². The number of nitrogens with zero attached hydrogens (tertiary/aromatic N) is 1. The van der Waals surface area contributed by atoms with Gasteiger partial charge >= 0.3 is 17.9 Å².